The van der Waals surface area contributed by atoms with Crippen molar-refractivity contribution in [1.82, 2.24) is 0 Å². The summed E-state index contributed by atoms with van der Waals surface area (Å²) < 4.78 is 32.1. The van der Waals surface area contributed by atoms with Crippen LogP contribution in [-0.4, -0.2) is 176 Å². The van der Waals surface area contributed by atoms with E-state index in [2.05, 4.69) is 10.0 Å². The van der Waals surface area contributed by atoms with Gasteiger partial charge in [-0.25, -0.2) is 4.79 Å². The molecule has 0 saturated carbocycles. The zero-order valence-electron chi connectivity index (χ0n) is 21.4. The van der Waals surface area contributed by atoms with E-state index in [1.807, 2.05) is 0 Å². The molecule has 236 valence electrons. The Hall–Kier alpha value is -1.82. The molecule has 3 aliphatic heterocycles. The first-order chi connectivity index (χ1) is 19.5. The first-order valence-electron chi connectivity index (χ1n) is 12.6. The summed E-state index contributed by atoms with van der Waals surface area (Å²) in [6.45, 7) is -1.62. The second-order valence-electron chi connectivity index (χ2n) is 9.53. The fourth-order valence-electron chi connectivity index (χ4n) is 4.54. The van der Waals surface area contributed by atoms with Crippen LogP contribution in [0.4, 0.5) is 0 Å². The highest BCUT2D eigenvalue weighted by molar-refractivity contribution is 5.73. The Morgan fingerprint density at radius 2 is 1.32 bits per heavy atom. The van der Waals surface area contributed by atoms with E-state index < -0.39 is 111 Å². The summed E-state index contributed by atoms with van der Waals surface area (Å²) in [6, 6.07) is 0. The molecule has 3 saturated heterocycles. The number of hydrogen-bond donors (Lipinski definition) is 10. The molecule has 0 aromatic heterocycles. The second-order valence-corrected chi connectivity index (χ2v) is 9.53. The molecule has 20 nitrogen and oxygen atoms in total. The molecule has 0 amide bonds. The van der Waals surface area contributed by atoms with Crippen molar-refractivity contribution in [2.45, 2.75) is 98.5 Å². The molecule has 3 fully saturated rings. The van der Waals surface area contributed by atoms with Crippen molar-refractivity contribution >= 4 is 5.97 Å². The number of aliphatic hydroxyl groups excluding tert-OH is 9. The average Bonchev–Trinajstić information content (AvgIpc) is 2.95. The summed E-state index contributed by atoms with van der Waals surface area (Å²) in [7, 11) is 0. The summed E-state index contributed by atoms with van der Waals surface area (Å²) in [6.07, 6.45) is -27.1. The Balaban J connectivity index is 1.75. The number of hydrogen-bond acceptors (Lipinski definition) is 17. The first kappa shape index (κ1) is 33.7. The van der Waals surface area contributed by atoms with E-state index in [0.717, 1.165) is 0 Å². The Bertz CT molecular complexity index is 893. The molecule has 15 atom stereocenters. The zero-order valence-corrected chi connectivity index (χ0v) is 21.4. The quantitative estimate of drug-likeness (QED) is 0.0431. The average molecular weight is 602 g/mol. The van der Waals surface area contributed by atoms with Crippen LogP contribution in [0.5, 0.6) is 0 Å². The highest BCUT2D eigenvalue weighted by Crippen LogP contribution is 2.32. The summed E-state index contributed by atoms with van der Waals surface area (Å²) in [5, 5.41) is 105. The molecule has 0 aromatic rings. The Morgan fingerprint density at radius 3 is 1.93 bits per heavy atom. The lowest BCUT2D eigenvalue weighted by Gasteiger charge is -2.47. The Morgan fingerprint density at radius 1 is 0.732 bits per heavy atom. The van der Waals surface area contributed by atoms with Gasteiger partial charge in [-0.05, 0) is 12.0 Å². The number of ether oxygens (including phenoxy) is 6. The molecule has 0 bridgehead atoms. The largest absolute Gasteiger partial charge is 0.479 e. The van der Waals surface area contributed by atoms with Gasteiger partial charge in [0.2, 0.25) is 0 Å². The number of aliphatic carboxylic acids is 1. The number of aliphatic hydroxyl groups is 9. The maximum atomic E-state index is 11.8. The van der Waals surface area contributed by atoms with Crippen LogP contribution < -0.4 is 0 Å². The van der Waals surface area contributed by atoms with Gasteiger partial charge >= 0.3 is 5.97 Å². The van der Waals surface area contributed by atoms with E-state index in [1.54, 1.807) is 0 Å². The van der Waals surface area contributed by atoms with Crippen LogP contribution in [0.3, 0.4) is 0 Å². The van der Waals surface area contributed by atoms with Crippen molar-refractivity contribution in [3.63, 3.8) is 0 Å². The standard InChI is InChI=1S/C21H35N3O17/c22-24-23-2-1-3-36-19-12(31)10(29)15(7(5-26)38-19)39-21-14(33)16(13(32)17(41-21)18(34)35)40-20-11(30)9(28)8(27)6(4-25)37-20/h6-17,19-21,25-33H,1-5H2,(H,34,35)/t6-,7-,8-,9+,10-,11-,12-,13+,14-,15-,16+,17+,19-,20+,21-/m1/s1. The molecule has 41 heavy (non-hydrogen) atoms. The van der Waals surface area contributed by atoms with Gasteiger partial charge in [-0.15, -0.1) is 0 Å². The molecule has 3 rings (SSSR count). The Kier molecular flexibility index (Phi) is 12.4. The third kappa shape index (κ3) is 7.58. The van der Waals surface area contributed by atoms with Gasteiger partial charge in [0.25, 0.3) is 0 Å². The van der Waals surface area contributed by atoms with Crippen molar-refractivity contribution in [2.75, 3.05) is 26.4 Å². The normalized spacial score (nSPS) is 45.1. The van der Waals surface area contributed by atoms with Crippen LogP contribution in [-0.2, 0) is 33.2 Å². The highest BCUT2D eigenvalue weighted by atomic mass is 16.8. The molecule has 0 unspecified atom stereocenters. The molecular formula is C21H35N3O17. The summed E-state index contributed by atoms with van der Waals surface area (Å²) in [5.74, 6) is -1.74. The summed E-state index contributed by atoms with van der Waals surface area (Å²) >= 11 is 0. The van der Waals surface area contributed by atoms with Crippen molar-refractivity contribution in [3.05, 3.63) is 10.4 Å². The molecule has 3 aliphatic rings. The van der Waals surface area contributed by atoms with Crippen LogP contribution >= 0.6 is 0 Å². The number of nitrogens with zero attached hydrogens (tertiary/aromatic N) is 3. The summed E-state index contributed by atoms with van der Waals surface area (Å²) in [4.78, 5) is 14.4. The fraction of sp³-hybridized carbons (Fsp3) is 0.952. The van der Waals surface area contributed by atoms with E-state index in [0.29, 0.717) is 0 Å². The van der Waals surface area contributed by atoms with Crippen LogP contribution in [0.2, 0.25) is 0 Å². The van der Waals surface area contributed by atoms with Gasteiger partial charge in [0.1, 0.15) is 67.1 Å². The van der Waals surface area contributed by atoms with Crippen LogP contribution in [0, 0.1) is 0 Å². The lowest BCUT2D eigenvalue weighted by atomic mass is 9.96. The number of carboxylic acid groups (broad SMARTS) is 1. The van der Waals surface area contributed by atoms with Gasteiger partial charge < -0.3 is 79.5 Å². The minimum atomic E-state index is -2.12. The molecule has 0 spiro atoms. The van der Waals surface area contributed by atoms with Crippen LogP contribution in [0.1, 0.15) is 6.42 Å². The third-order valence-corrected chi connectivity index (χ3v) is 6.79. The minimum absolute atomic E-state index is 0.0588. The van der Waals surface area contributed by atoms with Crippen molar-refractivity contribution in [1.29, 1.82) is 0 Å². The maximum Gasteiger partial charge on any atom is 0.335 e. The minimum Gasteiger partial charge on any atom is -0.479 e. The summed E-state index contributed by atoms with van der Waals surface area (Å²) in [5.41, 5.74) is 8.30. The SMILES string of the molecule is [N-]=[N+]=NCCCO[C@@H]1O[C@H](CO)[C@@H](O[C@@H]2O[C@H](C(=O)O)[C@@H](O)[C@H](O[C@@H]3O[C@H](CO)[C@@H](O)[C@H](O)[C@H]3O)[C@H]2O)[C@H](O)[C@H]1O. The van der Waals surface area contributed by atoms with E-state index in [4.69, 9.17) is 34.0 Å². The van der Waals surface area contributed by atoms with Crippen molar-refractivity contribution < 1.29 is 84.3 Å². The Labute approximate surface area is 231 Å². The predicted molar refractivity (Wildman–Crippen MR) is 124 cm³/mol. The monoisotopic (exact) mass is 601 g/mol. The molecule has 0 aromatic carbocycles. The highest BCUT2D eigenvalue weighted by Gasteiger charge is 2.55. The second kappa shape index (κ2) is 15.1. The van der Waals surface area contributed by atoms with Crippen molar-refractivity contribution in [3.8, 4) is 0 Å². The number of rotatable bonds is 12. The zero-order chi connectivity index (χ0) is 30.4. The van der Waals surface area contributed by atoms with Gasteiger partial charge in [0, 0.05) is 18.1 Å². The van der Waals surface area contributed by atoms with E-state index >= 15 is 0 Å². The molecule has 0 aliphatic carbocycles. The predicted octanol–water partition coefficient (Wildman–Crippen LogP) is -5.76. The van der Waals surface area contributed by atoms with E-state index in [1.165, 1.54) is 0 Å². The number of carbonyl (C=O) groups is 1. The van der Waals surface area contributed by atoms with Crippen LogP contribution in [0.25, 0.3) is 10.4 Å². The number of azide groups is 1. The molecule has 20 heteroatoms. The lowest BCUT2D eigenvalue weighted by molar-refractivity contribution is -0.376. The molecule has 10 N–H and O–H groups in total. The molecular weight excluding hydrogens is 566 g/mol. The van der Waals surface area contributed by atoms with Gasteiger partial charge in [0.05, 0.1) is 13.2 Å². The van der Waals surface area contributed by atoms with E-state index in [-0.39, 0.29) is 19.6 Å². The maximum absolute atomic E-state index is 11.8. The van der Waals surface area contributed by atoms with Gasteiger partial charge in [-0.2, -0.15) is 0 Å². The van der Waals surface area contributed by atoms with Crippen molar-refractivity contribution in [2.24, 2.45) is 5.11 Å². The first-order valence-corrected chi connectivity index (χ1v) is 12.6. The van der Waals surface area contributed by atoms with Gasteiger partial charge in [-0.3, -0.25) is 0 Å². The van der Waals surface area contributed by atoms with Crippen LogP contribution in [0.15, 0.2) is 5.11 Å². The smallest absolute Gasteiger partial charge is 0.335 e. The third-order valence-electron chi connectivity index (χ3n) is 6.79. The topological polar surface area (TPSA) is 324 Å². The van der Waals surface area contributed by atoms with Gasteiger partial charge in [0.15, 0.2) is 25.0 Å². The number of carboxylic acids is 1. The molecule has 0 radical (unpaired) electrons. The molecule has 3 heterocycles. The van der Waals surface area contributed by atoms with E-state index in [9.17, 15) is 55.9 Å². The van der Waals surface area contributed by atoms with Gasteiger partial charge in [-0.1, -0.05) is 5.11 Å². The lowest BCUT2D eigenvalue weighted by Crippen LogP contribution is -2.67. The fourth-order valence-corrected chi connectivity index (χ4v) is 4.54.